The lowest BCUT2D eigenvalue weighted by atomic mass is 10.0. The van der Waals surface area contributed by atoms with Crippen molar-refractivity contribution in [2.75, 3.05) is 20.1 Å². The summed E-state index contributed by atoms with van der Waals surface area (Å²) in [5, 5.41) is 3.91. The van der Waals surface area contributed by atoms with E-state index in [0.29, 0.717) is 12.5 Å². The van der Waals surface area contributed by atoms with E-state index in [0.717, 1.165) is 43.8 Å². The van der Waals surface area contributed by atoms with Crippen molar-refractivity contribution in [2.45, 2.75) is 38.1 Å². The number of carbonyl (C=O) groups is 1. The van der Waals surface area contributed by atoms with E-state index in [-0.39, 0.29) is 5.91 Å². The molecule has 0 bridgehead atoms. The summed E-state index contributed by atoms with van der Waals surface area (Å²) in [6.07, 6.45) is 4.56. The van der Waals surface area contributed by atoms with E-state index < -0.39 is 0 Å². The molecule has 0 radical (unpaired) electrons. The van der Waals surface area contributed by atoms with Gasteiger partial charge in [-0.15, -0.1) is 0 Å². The van der Waals surface area contributed by atoms with Crippen molar-refractivity contribution in [1.29, 1.82) is 0 Å². The summed E-state index contributed by atoms with van der Waals surface area (Å²) in [6, 6.07) is 8.22. The average Bonchev–Trinajstić information content (AvgIpc) is 2.44. The largest absolute Gasteiger partial charge is 0.353 e. The molecule has 1 aliphatic heterocycles. The molecule has 2 rings (SSSR count). The van der Waals surface area contributed by atoms with Gasteiger partial charge in [0.25, 0.3) is 0 Å². The first-order chi connectivity index (χ1) is 9.63. The molecule has 0 aliphatic carbocycles. The third-order valence-corrected chi connectivity index (χ3v) is 4.12. The minimum absolute atomic E-state index is 0.188. The van der Waals surface area contributed by atoms with Gasteiger partial charge in [0.1, 0.15) is 0 Å². The van der Waals surface area contributed by atoms with Crippen LogP contribution >= 0.6 is 11.6 Å². The van der Waals surface area contributed by atoms with E-state index in [1.54, 1.807) is 0 Å². The highest BCUT2D eigenvalue weighted by molar-refractivity contribution is 6.30. The lowest BCUT2D eigenvalue weighted by Crippen LogP contribution is -2.43. The van der Waals surface area contributed by atoms with Crippen molar-refractivity contribution in [3.8, 4) is 0 Å². The average molecular weight is 295 g/mol. The Bertz CT molecular complexity index is 425. The highest BCUT2D eigenvalue weighted by Gasteiger charge is 2.17. The maximum absolute atomic E-state index is 11.9. The Hall–Kier alpha value is -1.06. The normalized spacial score (nSPS) is 17.1. The number of amides is 1. The summed E-state index contributed by atoms with van der Waals surface area (Å²) >= 11 is 5.85. The number of hydrogen-bond acceptors (Lipinski definition) is 2. The molecule has 1 aliphatic rings. The van der Waals surface area contributed by atoms with Crippen LogP contribution in [0.2, 0.25) is 5.02 Å². The van der Waals surface area contributed by atoms with Crippen LogP contribution in [-0.2, 0) is 11.2 Å². The van der Waals surface area contributed by atoms with Gasteiger partial charge in [-0.05, 0) is 63.5 Å². The number of rotatable bonds is 5. The molecule has 1 aromatic carbocycles. The van der Waals surface area contributed by atoms with E-state index in [4.69, 9.17) is 11.6 Å². The van der Waals surface area contributed by atoms with Gasteiger partial charge in [0.2, 0.25) is 5.91 Å². The summed E-state index contributed by atoms with van der Waals surface area (Å²) in [4.78, 5) is 14.2. The molecule has 110 valence electrons. The fraction of sp³-hybridized carbons (Fsp3) is 0.562. The minimum atomic E-state index is 0.188. The smallest absolute Gasteiger partial charge is 0.220 e. The van der Waals surface area contributed by atoms with Crippen molar-refractivity contribution < 1.29 is 4.79 Å². The molecule has 1 heterocycles. The Labute approximate surface area is 126 Å². The molecule has 20 heavy (non-hydrogen) atoms. The molecule has 0 atom stereocenters. The number of carbonyl (C=O) groups excluding carboxylic acids is 1. The molecule has 1 amide bonds. The molecule has 3 nitrogen and oxygen atoms in total. The van der Waals surface area contributed by atoms with Crippen LogP contribution in [0.3, 0.4) is 0 Å². The highest BCUT2D eigenvalue weighted by atomic mass is 35.5. The number of hydrogen-bond donors (Lipinski definition) is 1. The Morgan fingerprint density at radius 3 is 2.60 bits per heavy atom. The zero-order valence-corrected chi connectivity index (χ0v) is 12.8. The number of likely N-dealkylation sites (tertiary alicyclic amines) is 1. The van der Waals surface area contributed by atoms with E-state index in [2.05, 4.69) is 17.3 Å². The van der Waals surface area contributed by atoms with Crippen LogP contribution in [0.4, 0.5) is 0 Å². The van der Waals surface area contributed by atoms with Crippen LogP contribution in [0, 0.1) is 0 Å². The second-order valence-electron chi connectivity index (χ2n) is 5.63. The molecule has 0 spiro atoms. The van der Waals surface area contributed by atoms with Gasteiger partial charge in [-0.25, -0.2) is 0 Å². The summed E-state index contributed by atoms with van der Waals surface area (Å²) < 4.78 is 0. The van der Waals surface area contributed by atoms with Gasteiger partial charge in [0, 0.05) is 17.5 Å². The van der Waals surface area contributed by atoms with Gasteiger partial charge >= 0.3 is 0 Å². The second-order valence-corrected chi connectivity index (χ2v) is 6.06. The number of nitrogens with one attached hydrogen (secondary N) is 1. The summed E-state index contributed by atoms with van der Waals surface area (Å²) in [6.45, 7) is 2.16. The lowest BCUT2D eigenvalue weighted by molar-refractivity contribution is -0.122. The zero-order chi connectivity index (χ0) is 14.4. The quantitative estimate of drug-likeness (QED) is 0.906. The molecule has 4 heteroatoms. The Balaban J connectivity index is 1.64. The van der Waals surface area contributed by atoms with Crippen molar-refractivity contribution in [3.05, 3.63) is 34.9 Å². The molecule has 0 aromatic heterocycles. The first kappa shape index (κ1) is 15.3. The van der Waals surface area contributed by atoms with Gasteiger partial charge in [-0.3, -0.25) is 4.79 Å². The number of nitrogens with zero attached hydrogens (tertiary/aromatic N) is 1. The molecule has 1 fully saturated rings. The molecular weight excluding hydrogens is 272 g/mol. The maximum atomic E-state index is 11.9. The predicted molar refractivity (Wildman–Crippen MR) is 83.1 cm³/mol. The standard InChI is InChI=1S/C16H23ClN2O/c1-19-11-9-15(10-12-19)18-16(20)4-2-3-13-5-7-14(17)8-6-13/h5-8,15H,2-4,9-12H2,1H3,(H,18,20). The van der Waals surface area contributed by atoms with Crippen molar-refractivity contribution in [3.63, 3.8) is 0 Å². The van der Waals surface area contributed by atoms with Crippen LogP contribution in [0.1, 0.15) is 31.2 Å². The van der Waals surface area contributed by atoms with Crippen LogP contribution < -0.4 is 5.32 Å². The zero-order valence-electron chi connectivity index (χ0n) is 12.1. The predicted octanol–water partition coefficient (Wildman–Crippen LogP) is 2.87. The molecule has 1 saturated heterocycles. The minimum Gasteiger partial charge on any atom is -0.353 e. The Morgan fingerprint density at radius 2 is 1.95 bits per heavy atom. The third kappa shape index (κ3) is 5.14. The van der Waals surface area contributed by atoms with Crippen LogP contribution in [0.5, 0.6) is 0 Å². The number of benzene rings is 1. The van der Waals surface area contributed by atoms with E-state index in [1.807, 2.05) is 24.3 Å². The molecular formula is C16H23ClN2O. The van der Waals surface area contributed by atoms with Gasteiger partial charge in [0.05, 0.1) is 0 Å². The topological polar surface area (TPSA) is 32.3 Å². The summed E-state index contributed by atoms with van der Waals surface area (Å²) in [5.74, 6) is 0.188. The van der Waals surface area contributed by atoms with E-state index in [1.165, 1.54) is 5.56 Å². The van der Waals surface area contributed by atoms with Gasteiger partial charge in [-0.1, -0.05) is 23.7 Å². The fourth-order valence-electron chi connectivity index (χ4n) is 2.56. The van der Waals surface area contributed by atoms with E-state index >= 15 is 0 Å². The third-order valence-electron chi connectivity index (χ3n) is 3.87. The van der Waals surface area contributed by atoms with Crippen molar-refractivity contribution in [2.24, 2.45) is 0 Å². The number of halogens is 1. The van der Waals surface area contributed by atoms with E-state index in [9.17, 15) is 4.79 Å². The molecule has 0 saturated carbocycles. The van der Waals surface area contributed by atoms with Crippen LogP contribution in [-0.4, -0.2) is 37.0 Å². The first-order valence-electron chi connectivity index (χ1n) is 7.36. The molecule has 1 aromatic rings. The monoisotopic (exact) mass is 294 g/mol. The van der Waals surface area contributed by atoms with Gasteiger partial charge in [0.15, 0.2) is 0 Å². The first-order valence-corrected chi connectivity index (χ1v) is 7.73. The second kappa shape index (κ2) is 7.65. The number of piperidine rings is 1. The van der Waals surface area contributed by atoms with Crippen molar-refractivity contribution >= 4 is 17.5 Å². The summed E-state index contributed by atoms with van der Waals surface area (Å²) in [7, 11) is 2.13. The van der Waals surface area contributed by atoms with Gasteiger partial charge < -0.3 is 10.2 Å². The van der Waals surface area contributed by atoms with Gasteiger partial charge in [-0.2, -0.15) is 0 Å². The van der Waals surface area contributed by atoms with Crippen LogP contribution in [0.25, 0.3) is 0 Å². The Kier molecular flexibility index (Phi) is 5.86. The fourth-order valence-corrected chi connectivity index (χ4v) is 2.68. The molecule has 1 N–H and O–H groups in total. The lowest BCUT2D eigenvalue weighted by Gasteiger charge is -2.29. The molecule has 0 unspecified atom stereocenters. The maximum Gasteiger partial charge on any atom is 0.220 e. The summed E-state index contributed by atoms with van der Waals surface area (Å²) in [5.41, 5.74) is 1.24. The highest BCUT2D eigenvalue weighted by Crippen LogP contribution is 2.12. The Morgan fingerprint density at radius 1 is 1.30 bits per heavy atom. The number of aryl methyl sites for hydroxylation is 1. The SMILES string of the molecule is CN1CCC(NC(=O)CCCc2ccc(Cl)cc2)CC1. The van der Waals surface area contributed by atoms with Crippen molar-refractivity contribution in [1.82, 2.24) is 10.2 Å². The van der Waals surface area contributed by atoms with Crippen LogP contribution in [0.15, 0.2) is 24.3 Å².